The molecule has 1 fully saturated rings. The number of carbonyl (C=O) groups is 1. The molecule has 0 radical (unpaired) electrons. The molecule has 1 aliphatic rings. The lowest BCUT2D eigenvalue weighted by Crippen LogP contribution is -2.34. The Morgan fingerprint density at radius 2 is 1.74 bits per heavy atom. The SMILES string of the molecule is CC(C)Cc1ccc(C(=O)CN2CCCCC2)cc1. The first-order valence-electron chi connectivity index (χ1n) is 7.49. The number of carbonyl (C=O) groups excluding carboxylic acids is 1. The van der Waals surface area contributed by atoms with Gasteiger partial charge >= 0.3 is 0 Å². The summed E-state index contributed by atoms with van der Waals surface area (Å²) < 4.78 is 0. The molecule has 19 heavy (non-hydrogen) atoms. The average Bonchev–Trinajstić information content (AvgIpc) is 2.40. The molecule has 0 aliphatic carbocycles. The van der Waals surface area contributed by atoms with Crippen LogP contribution in [0.2, 0.25) is 0 Å². The van der Waals surface area contributed by atoms with Crippen LogP contribution >= 0.6 is 0 Å². The van der Waals surface area contributed by atoms with Crippen molar-refractivity contribution in [1.29, 1.82) is 0 Å². The number of benzene rings is 1. The highest BCUT2D eigenvalue weighted by atomic mass is 16.1. The fraction of sp³-hybridized carbons (Fsp3) is 0.588. The molecule has 1 aromatic rings. The Morgan fingerprint density at radius 3 is 2.32 bits per heavy atom. The highest BCUT2D eigenvalue weighted by Crippen LogP contribution is 2.13. The molecule has 104 valence electrons. The van der Waals surface area contributed by atoms with Crippen LogP contribution in [-0.2, 0) is 6.42 Å². The lowest BCUT2D eigenvalue weighted by molar-refractivity contribution is 0.0915. The summed E-state index contributed by atoms with van der Waals surface area (Å²) in [6.07, 6.45) is 4.87. The Bertz CT molecular complexity index is 402. The molecule has 0 saturated carbocycles. The second-order valence-corrected chi connectivity index (χ2v) is 6.05. The van der Waals surface area contributed by atoms with Crippen LogP contribution in [0.15, 0.2) is 24.3 Å². The van der Waals surface area contributed by atoms with Gasteiger partial charge < -0.3 is 0 Å². The van der Waals surface area contributed by atoms with Gasteiger partial charge in [0.15, 0.2) is 5.78 Å². The summed E-state index contributed by atoms with van der Waals surface area (Å²) >= 11 is 0. The van der Waals surface area contributed by atoms with Crippen LogP contribution in [0.25, 0.3) is 0 Å². The van der Waals surface area contributed by atoms with Gasteiger partial charge in [-0.1, -0.05) is 44.5 Å². The molecule has 0 unspecified atom stereocenters. The van der Waals surface area contributed by atoms with Crippen molar-refractivity contribution in [3.8, 4) is 0 Å². The van der Waals surface area contributed by atoms with E-state index in [1.807, 2.05) is 12.1 Å². The van der Waals surface area contributed by atoms with Gasteiger partial charge in [-0.25, -0.2) is 0 Å². The number of hydrogen-bond donors (Lipinski definition) is 0. The predicted octanol–water partition coefficient (Wildman–Crippen LogP) is 3.55. The molecule has 0 amide bonds. The summed E-state index contributed by atoms with van der Waals surface area (Å²) in [6.45, 7) is 7.18. The second-order valence-electron chi connectivity index (χ2n) is 6.05. The molecule has 2 nitrogen and oxygen atoms in total. The van der Waals surface area contributed by atoms with Crippen molar-refractivity contribution in [3.63, 3.8) is 0 Å². The zero-order valence-corrected chi connectivity index (χ0v) is 12.2. The summed E-state index contributed by atoms with van der Waals surface area (Å²) in [5.41, 5.74) is 2.18. The van der Waals surface area contributed by atoms with Crippen LogP contribution in [0, 0.1) is 5.92 Å². The molecule has 0 bridgehead atoms. The summed E-state index contributed by atoms with van der Waals surface area (Å²) in [6, 6.07) is 8.18. The van der Waals surface area contributed by atoms with Gasteiger partial charge in [-0.15, -0.1) is 0 Å². The third-order valence-corrected chi connectivity index (χ3v) is 3.74. The van der Waals surface area contributed by atoms with E-state index in [-0.39, 0.29) is 5.78 Å². The number of piperidine rings is 1. The number of ketones is 1. The number of hydrogen-bond acceptors (Lipinski definition) is 2. The van der Waals surface area contributed by atoms with E-state index in [1.54, 1.807) is 0 Å². The van der Waals surface area contributed by atoms with Gasteiger partial charge in [0.1, 0.15) is 0 Å². The molecule has 0 atom stereocenters. The minimum absolute atomic E-state index is 0.262. The predicted molar refractivity (Wildman–Crippen MR) is 79.6 cm³/mol. The summed E-state index contributed by atoms with van der Waals surface area (Å²) in [5.74, 6) is 0.924. The van der Waals surface area contributed by atoms with E-state index in [9.17, 15) is 4.79 Å². The van der Waals surface area contributed by atoms with Gasteiger partial charge in [-0.2, -0.15) is 0 Å². The van der Waals surface area contributed by atoms with Crippen molar-refractivity contribution >= 4 is 5.78 Å². The minimum atomic E-state index is 0.262. The number of likely N-dealkylation sites (tertiary alicyclic amines) is 1. The maximum atomic E-state index is 12.2. The number of rotatable bonds is 5. The first kappa shape index (κ1) is 14.3. The Balaban J connectivity index is 1.91. The van der Waals surface area contributed by atoms with Crippen molar-refractivity contribution in [2.75, 3.05) is 19.6 Å². The van der Waals surface area contributed by atoms with E-state index in [0.29, 0.717) is 12.5 Å². The van der Waals surface area contributed by atoms with Crippen LogP contribution in [0.4, 0.5) is 0 Å². The third-order valence-electron chi connectivity index (χ3n) is 3.74. The number of Topliss-reactive ketones (excluding diaryl/α,β-unsaturated/α-hetero) is 1. The zero-order valence-electron chi connectivity index (χ0n) is 12.2. The third kappa shape index (κ3) is 4.46. The highest BCUT2D eigenvalue weighted by Gasteiger charge is 2.15. The van der Waals surface area contributed by atoms with E-state index in [1.165, 1.54) is 24.8 Å². The standard InChI is InChI=1S/C17H25NO/c1-14(2)12-15-6-8-16(9-7-15)17(19)13-18-10-4-3-5-11-18/h6-9,14H,3-5,10-13H2,1-2H3. The fourth-order valence-electron chi connectivity index (χ4n) is 2.71. The smallest absolute Gasteiger partial charge is 0.176 e. The van der Waals surface area contributed by atoms with Crippen molar-refractivity contribution in [1.82, 2.24) is 4.90 Å². The van der Waals surface area contributed by atoms with Crippen molar-refractivity contribution in [2.24, 2.45) is 5.92 Å². The number of nitrogens with zero attached hydrogens (tertiary/aromatic N) is 1. The Morgan fingerprint density at radius 1 is 1.11 bits per heavy atom. The maximum Gasteiger partial charge on any atom is 0.176 e. The molecule has 2 heteroatoms. The van der Waals surface area contributed by atoms with Crippen molar-refractivity contribution < 1.29 is 4.79 Å². The first-order chi connectivity index (χ1) is 9.15. The normalized spacial score (nSPS) is 16.8. The first-order valence-corrected chi connectivity index (χ1v) is 7.49. The molecule has 1 saturated heterocycles. The van der Waals surface area contributed by atoms with Gasteiger partial charge in [0.05, 0.1) is 6.54 Å². The summed E-state index contributed by atoms with van der Waals surface area (Å²) in [7, 11) is 0. The topological polar surface area (TPSA) is 20.3 Å². The lowest BCUT2D eigenvalue weighted by Gasteiger charge is -2.25. The molecule has 0 N–H and O–H groups in total. The summed E-state index contributed by atoms with van der Waals surface area (Å²) in [5, 5.41) is 0. The minimum Gasteiger partial charge on any atom is -0.296 e. The molecule has 1 heterocycles. The summed E-state index contributed by atoms with van der Waals surface area (Å²) in [4.78, 5) is 14.5. The highest BCUT2D eigenvalue weighted by molar-refractivity contribution is 5.97. The van der Waals surface area contributed by atoms with Crippen LogP contribution in [0.5, 0.6) is 0 Å². The van der Waals surface area contributed by atoms with Crippen molar-refractivity contribution in [2.45, 2.75) is 39.5 Å². The molecule has 0 aromatic heterocycles. The Labute approximate surface area is 116 Å². The van der Waals surface area contributed by atoms with Gasteiger partial charge in [0.25, 0.3) is 0 Å². The monoisotopic (exact) mass is 259 g/mol. The van der Waals surface area contributed by atoms with Crippen LogP contribution in [0.3, 0.4) is 0 Å². The van der Waals surface area contributed by atoms with Crippen LogP contribution in [-0.4, -0.2) is 30.3 Å². The van der Waals surface area contributed by atoms with Gasteiger partial charge in [-0.05, 0) is 43.8 Å². The molecular weight excluding hydrogens is 234 g/mol. The Hall–Kier alpha value is -1.15. The van der Waals surface area contributed by atoms with E-state index < -0.39 is 0 Å². The van der Waals surface area contributed by atoms with Crippen LogP contribution in [0.1, 0.15) is 49.0 Å². The molecule has 1 aromatic carbocycles. The maximum absolute atomic E-state index is 12.2. The van der Waals surface area contributed by atoms with Gasteiger partial charge in [0.2, 0.25) is 0 Å². The Kier molecular flexibility index (Phi) is 5.15. The second kappa shape index (κ2) is 6.85. The molecule has 1 aliphatic heterocycles. The van der Waals surface area contributed by atoms with Crippen LogP contribution < -0.4 is 0 Å². The molecule has 0 spiro atoms. The van der Waals surface area contributed by atoms with E-state index in [4.69, 9.17) is 0 Å². The van der Waals surface area contributed by atoms with Gasteiger partial charge in [-0.3, -0.25) is 9.69 Å². The van der Waals surface area contributed by atoms with Gasteiger partial charge in [0, 0.05) is 5.56 Å². The van der Waals surface area contributed by atoms with E-state index in [0.717, 1.165) is 25.1 Å². The average molecular weight is 259 g/mol. The molecule has 2 rings (SSSR count). The largest absolute Gasteiger partial charge is 0.296 e. The van der Waals surface area contributed by atoms with E-state index >= 15 is 0 Å². The fourth-order valence-corrected chi connectivity index (χ4v) is 2.71. The van der Waals surface area contributed by atoms with Crippen molar-refractivity contribution in [3.05, 3.63) is 35.4 Å². The lowest BCUT2D eigenvalue weighted by atomic mass is 10.0. The quantitative estimate of drug-likeness (QED) is 0.754. The van der Waals surface area contributed by atoms with E-state index in [2.05, 4.69) is 30.9 Å². The zero-order chi connectivity index (χ0) is 13.7. The molecular formula is C17H25NO.